The Labute approximate surface area is 349 Å². The van der Waals surface area contributed by atoms with Crippen LogP contribution in [0.3, 0.4) is 0 Å². The minimum atomic E-state index is -0.153. The van der Waals surface area contributed by atoms with Crippen molar-refractivity contribution >= 4 is 11.9 Å². The molecule has 56 heavy (non-hydrogen) atoms. The molecule has 0 spiro atoms. The summed E-state index contributed by atoms with van der Waals surface area (Å²) in [7, 11) is 0. The number of carbonyl (C=O) groups excluding carboxylic acids is 2. The first-order valence-corrected chi connectivity index (χ1v) is 24.3. The second-order valence-electron chi connectivity index (χ2n) is 16.2. The van der Waals surface area contributed by atoms with E-state index < -0.39 is 0 Å². The van der Waals surface area contributed by atoms with Gasteiger partial charge in [0.1, 0.15) is 0 Å². The van der Waals surface area contributed by atoms with Crippen molar-refractivity contribution in [1.82, 2.24) is 9.80 Å². The average Bonchev–Trinajstić information content (AvgIpc) is 3.18. The highest BCUT2D eigenvalue weighted by atomic mass is 16.5. The van der Waals surface area contributed by atoms with Crippen LogP contribution >= 0.6 is 0 Å². The molecule has 0 radical (unpaired) electrons. The number of nitrogens with zero attached hydrogens (tertiary/aromatic N) is 2. The number of carbonyl (C=O) groups is 2. The van der Waals surface area contributed by atoms with Crippen molar-refractivity contribution in [2.75, 3.05) is 65.8 Å². The number of unbranched alkanes of at least 4 members (excludes halogenated alkanes) is 20. The van der Waals surface area contributed by atoms with Gasteiger partial charge in [-0.25, -0.2) is 0 Å². The van der Waals surface area contributed by atoms with Crippen LogP contribution in [-0.2, 0) is 28.5 Å². The molecule has 0 aliphatic heterocycles. The minimum absolute atomic E-state index is 0.153. The molecule has 8 heteroatoms. The smallest absolute Gasteiger partial charge is 0.307 e. The second kappa shape index (κ2) is 46.5. The first-order chi connectivity index (χ1) is 27.3. The number of rotatable bonds is 43. The number of hydrogen-bond acceptors (Lipinski definition) is 8. The summed E-state index contributed by atoms with van der Waals surface area (Å²) in [5, 5.41) is 0. The summed E-state index contributed by atoms with van der Waals surface area (Å²) in [6.45, 7) is 24.7. The third-order valence-electron chi connectivity index (χ3n) is 10.4. The Morgan fingerprint density at radius 1 is 0.393 bits per heavy atom. The minimum Gasteiger partial charge on any atom is -0.466 e. The van der Waals surface area contributed by atoms with Crippen molar-refractivity contribution < 1.29 is 28.5 Å². The Hall–Kier alpha value is -1.22. The summed E-state index contributed by atoms with van der Waals surface area (Å²) in [6, 6.07) is 0.870. The van der Waals surface area contributed by atoms with E-state index in [1.165, 1.54) is 103 Å². The quantitative estimate of drug-likeness (QED) is 0.0446. The molecule has 0 aliphatic carbocycles. The third kappa shape index (κ3) is 42.4. The molecule has 8 nitrogen and oxygen atoms in total. The highest BCUT2D eigenvalue weighted by Gasteiger charge is 2.17. The molecule has 0 unspecified atom stereocenters. The summed E-state index contributed by atoms with van der Waals surface area (Å²) >= 11 is 0. The summed E-state index contributed by atoms with van der Waals surface area (Å²) in [5.41, 5.74) is 0. The number of esters is 2. The first-order valence-electron chi connectivity index (χ1n) is 24.3. The first kappa shape index (κ1) is 56.9. The van der Waals surface area contributed by atoms with Crippen LogP contribution in [0.1, 0.15) is 222 Å². The Morgan fingerprint density at radius 2 is 0.679 bits per heavy atom. The van der Waals surface area contributed by atoms with Gasteiger partial charge in [-0.15, -0.1) is 0 Å². The maximum Gasteiger partial charge on any atom is 0.307 e. The molecule has 0 N–H and O–H groups in total. The van der Waals surface area contributed by atoms with Crippen LogP contribution < -0.4 is 0 Å². The summed E-state index contributed by atoms with van der Waals surface area (Å²) in [5.74, 6) is -0.307. The van der Waals surface area contributed by atoms with Gasteiger partial charge in [0.25, 0.3) is 0 Å². The fourth-order valence-electron chi connectivity index (χ4n) is 6.92. The van der Waals surface area contributed by atoms with Gasteiger partial charge in [-0.05, 0) is 79.1 Å². The molecular weight excluding hydrogens is 701 g/mol. The molecule has 0 amide bonds. The average molecular weight is 799 g/mol. The van der Waals surface area contributed by atoms with Crippen molar-refractivity contribution in [3.05, 3.63) is 0 Å². The zero-order chi connectivity index (χ0) is 41.7. The predicted octanol–water partition coefficient (Wildman–Crippen LogP) is 12.7. The third-order valence-corrected chi connectivity index (χ3v) is 10.4. The maximum atomic E-state index is 12.6. The van der Waals surface area contributed by atoms with E-state index >= 15 is 0 Å². The maximum absolute atomic E-state index is 12.6. The largest absolute Gasteiger partial charge is 0.466 e. The molecule has 336 valence electrons. The van der Waals surface area contributed by atoms with E-state index in [0.717, 1.165) is 90.9 Å². The Bertz CT molecular complexity index is 736. The van der Waals surface area contributed by atoms with Gasteiger partial charge in [-0.2, -0.15) is 0 Å². The van der Waals surface area contributed by atoms with Gasteiger partial charge in [0.2, 0.25) is 0 Å². The molecule has 0 atom stereocenters. The van der Waals surface area contributed by atoms with E-state index in [1.54, 1.807) is 0 Å². The van der Waals surface area contributed by atoms with Crippen LogP contribution in [0.4, 0.5) is 0 Å². The molecular formula is C48H98N2O6. The summed E-state index contributed by atoms with van der Waals surface area (Å²) in [6.07, 6.45) is 30.2. The lowest BCUT2D eigenvalue weighted by atomic mass is 10.1. The van der Waals surface area contributed by atoms with E-state index in [-0.39, 0.29) is 11.9 Å². The van der Waals surface area contributed by atoms with Gasteiger partial charge in [-0.1, -0.05) is 130 Å². The van der Waals surface area contributed by atoms with Gasteiger partial charge in [0.15, 0.2) is 0 Å². The van der Waals surface area contributed by atoms with Crippen molar-refractivity contribution in [2.24, 2.45) is 0 Å². The molecule has 0 saturated carbocycles. The molecule has 0 aromatic rings. The normalized spacial score (nSPS) is 11.5. The molecule has 0 rings (SSSR count). The lowest BCUT2D eigenvalue weighted by Gasteiger charge is -2.33. The van der Waals surface area contributed by atoms with E-state index in [9.17, 15) is 9.59 Å². The predicted molar refractivity (Wildman–Crippen MR) is 240 cm³/mol. The number of ether oxygens (including phenoxy) is 4. The van der Waals surface area contributed by atoms with Crippen LogP contribution in [0.2, 0.25) is 0 Å². The van der Waals surface area contributed by atoms with E-state index in [2.05, 4.69) is 51.3 Å². The molecule has 0 fully saturated rings. The van der Waals surface area contributed by atoms with Crippen molar-refractivity contribution in [3.63, 3.8) is 0 Å². The molecule has 0 aromatic carbocycles. The summed E-state index contributed by atoms with van der Waals surface area (Å²) < 4.78 is 22.8. The van der Waals surface area contributed by atoms with Crippen molar-refractivity contribution in [3.8, 4) is 0 Å². The van der Waals surface area contributed by atoms with Crippen LogP contribution in [0.25, 0.3) is 0 Å². The van der Waals surface area contributed by atoms with Gasteiger partial charge in [0.05, 0.1) is 26.1 Å². The van der Waals surface area contributed by atoms with Crippen LogP contribution in [-0.4, -0.2) is 99.6 Å². The zero-order valence-electron chi connectivity index (χ0n) is 39.0. The Morgan fingerprint density at radius 3 is 0.982 bits per heavy atom. The Balaban J connectivity index is 0. The monoisotopic (exact) mass is 799 g/mol. The van der Waals surface area contributed by atoms with Gasteiger partial charge >= 0.3 is 11.9 Å². The highest BCUT2D eigenvalue weighted by molar-refractivity contribution is 5.70. The molecule has 0 bridgehead atoms. The van der Waals surface area contributed by atoms with E-state index in [4.69, 9.17) is 18.9 Å². The molecule has 0 heterocycles. The number of hydrogen-bond donors (Lipinski definition) is 0. The SMILES string of the molecule is CC.CCCCCCCCCCOCCCCCCOC(=O)CCN(CCC(=O)OCCCCCCOCCCCCCCCCC)CCN(C(C)C)C(C)C. The standard InChI is InChI=1S/C46H92N2O6.C2H6/c1-7-9-11-13-15-17-19-25-37-51-39-27-21-23-29-41-53-45(49)31-33-47(35-36-48(43(3)4)44(5)6)34-32-46(50)54-42-30-24-22-28-40-52-38-26-20-18-16-14-12-10-8-2;1-2/h43-44H,7-42H2,1-6H3;1-2H3. The fourth-order valence-corrected chi connectivity index (χ4v) is 6.92. The van der Waals surface area contributed by atoms with E-state index in [0.29, 0.717) is 51.2 Å². The van der Waals surface area contributed by atoms with Crippen molar-refractivity contribution in [1.29, 1.82) is 0 Å². The lowest BCUT2D eigenvalue weighted by Crippen LogP contribution is -2.43. The van der Waals surface area contributed by atoms with Gasteiger partial charge < -0.3 is 23.8 Å². The molecule has 0 aliphatic rings. The van der Waals surface area contributed by atoms with Crippen LogP contribution in [0, 0.1) is 0 Å². The van der Waals surface area contributed by atoms with E-state index in [1.807, 2.05) is 13.8 Å². The lowest BCUT2D eigenvalue weighted by molar-refractivity contribution is -0.144. The Kier molecular flexibility index (Phi) is 47.2. The topological polar surface area (TPSA) is 77.5 Å². The van der Waals surface area contributed by atoms with Crippen LogP contribution in [0.5, 0.6) is 0 Å². The highest BCUT2D eigenvalue weighted by Crippen LogP contribution is 2.11. The zero-order valence-corrected chi connectivity index (χ0v) is 39.0. The van der Waals surface area contributed by atoms with Gasteiger partial charge in [-0.3, -0.25) is 14.5 Å². The van der Waals surface area contributed by atoms with Crippen LogP contribution in [0.15, 0.2) is 0 Å². The van der Waals surface area contributed by atoms with Gasteiger partial charge in [0, 0.05) is 64.7 Å². The van der Waals surface area contributed by atoms with Crippen molar-refractivity contribution in [2.45, 2.75) is 234 Å². The molecule has 0 saturated heterocycles. The molecule has 0 aromatic heterocycles. The second-order valence-corrected chi connectivity index (χ2v) is 16.2. The fraction of sp³-hybridized carbons (Fsp3) is 0.958. The summed E-state index contributed by atoms with van der Waals surface area (Å²) in [4.78, 5) is 29.8.